The van der Waals surface area contributed by atoms with Gasteiger partial charge in [-0.1, -0.05) is 146 Å². The Balaban J connectivity index is 0.968. The highest BCUT2D eigenvalue weighted by Gasteiger charge is 2.22. The highest BCUT2D eigenvalue weighted by molar-refractivity contribution is 6.15. The molecule has 0 unspecified atom stereocenters. The third-order valence-electron chi connectivity index (χ3n) is 13.6. The molecule has 0 saturated carbocycles. The van der Waals surface area contributed by atoms with E-state index in [9.17, 15) is 0 Å². The number of fused-ring (bicyclic) bond motifs is 12. The number of aromatic nitrogens is 4. The van der Waals surface area contributed by atoms with Crippen molar-refractivity contribution in [2.24, 2.45) is 0 Å². The predicted molar refractivity (Wildman–Crippen MR) is 269 cm³/mol. The smallest absolute Gasteiger partial charge is 0.0542 e. The normalized spacial score (nSPS) is 12.1. The molecular formula is C60H38N4. The maximum absolute atomic E-state index is 2.47. The van der Waals surface area contributed by atoms with Gasteiger partial charge < -0.3 is 18.3 Å². The van der Waals surface area contributed by atoms with Gasteiger partial charge in [0.15, 0.2) is 0 Å². The molecule has 0 bridgehead atoms. The van der Waals surface area contributed by atoms with Gasteiger partial charge in [0.2, 0.25) is 0 Å². The minimum absolute atomic E-state index is 1.14. The first-order valence-electron chi connectivity index (χ1n) is 22.0. The number of hydrogen-bond acceptors (Lipinski definition) is 0. The zero-order valence-electron chi connectivity index (χ0n) is 34.7. The predicted octanol–water partition coefficient (Wildman–Crippen LogP) is 15.7. The van der Waals surface area contributed by atoms with Gasteiger partial charge in [-0.05, 0) is 84.9 Å². The molecule has 0 atom stereocenters. The van der Waals surface area contributed by atoms with Crippen molar-refractivity contribution in [2.75, 3.05) is 0 Å². The molecule has 14 aromatic rings. The van der Waals surface area contributed by atoms with Crippen LogP contribution in [-0.2, 0) is 0 Å². The van der Waals surface area contributed by atoms with Crippen LogP contribution in [0.1, 0.15) is 0 Å². The molecule has 0 fully saturated rings. The van der Waals surface area contributed by atoms with E-state index in [0.29, 0.717) is 0 Å². The van der Waals surface area contributed by atoms with Gasteiger partial charge in [-0.15, -0.1) is 0 Å². The Morgan fingerprint density at radius 1 is 0.188 bits per heavy atom. The van der Waals surface area contributed by atoms with Gasteiger partial charge >= 0.3 is 0 Å². The number of benzene rings is 10. The van der Waals surface area contributed by atoms with Gasteiger partial charge in [-0.3, -0.25) is 0 Å². The summed E-state index contributed by atoms with van der Waals surface area (Å²) in [6, 6.07) is 84.5. The average molecular weight is 815 g/mol. The van der Waals surface area contributed by atoms with E-state index in [4.69, 9.17) is 0 Å². The second kappa shape index (κ2) is 13.4. The number of rotatable bonds is 5. The lowest BCUT2D eigenvalue weighted by molar-refractivity contribution is 1.15. The molecule has 0 aliphatic heterocycles. The van der Waals surface area contributed by atoms with Crippen LogP contribution in [0.4, 0.5) is 0 Å². The van der Waals surface area contributed by atoms with Crippen molar-refractivity contribution in [3.05, 3.63) is 231 Å². The molecule has 4 nitrogen and oxygen atoms in total. The molecule has 0 aliphatic rings. The summed E-state index contributed by atoms with van der Waals surface area (Å²) in [5.74, 6) is 0. The summed E-state index contributed by atoms with van der Waals surface area (Å²) >= 11 is 0. The summed E-state index contributed by atoms with van der Waals surface area (Å²) in [4.78, 5) is 0. The first-order valence-corrected chi connectivity index (χ1v) is 22.0. The van der Waals surface area contributed by atoms with E-state index >= 15 is 0 Å². The molecule has 0 radical (unpaired) electrons. The fourth-order valence-corrected chi connectivity index (χ4v) is 10.9. The number of para-hydroxylation sites is 8. The molecule has 10 aromatic carbocycles. The quantitative estimate of drug-likeness (QED) is 0.165. The topological polar surface area (TPSA) is 19.7 Å². The number of hydrogen-bond donors (Lipinski definition) is 0. The fraction of sp³-hybridized carbons (Fsp3) is 0. The molecule has 0 spiro atoms. The van der Waals surface area contributed by atoms with Crippen molar-refractivity contribution in [2.45, 2.75) is 0 Å². The third kappa shape index (κ3) is 4.88. The SMILES string of the molecule is c1ccc(-n2c3ccccc3c3ccccc32)c(-c2ccccc2-n2c3ccccc3c3cc(-n4c5ccccc5c5cc(-n6c7ccccc7c7ccccc76)ccc54)ccc32)c1. The van der Waals surface area contributed by atoms with E-state index < -0.39 is 0 Å². The summed E-state index contributed by atoms with van der Waals surface area (Å²) in [7, 11) is 0. The van der Waals surface area contributed by atoms with E-state index in [1.54, 1.807) is 0 Å². The van der Waals surface area contributed by atoms with Crippen molar-refractivity contribution in [3.8, 4) is 33.9 Å². The van der Waals surface area contributed by atoms with Crippen LogP contribution in [0, 0.1) is 0 Å². The van der Waals surface area contributed by atoms with E-state index in [2.05, 4.69) is 249 Å². The van der Waals surface area contributed by atoms with Gasteiger partial charge in [0.1, 0.15) is 0 Å². The summed E-state index contributed by atoms with van der Waals surface area (Å²) in [5.41, 5.74) is 16.5. The van der Waals surface area contributed by atoms with Crippen LogP contribution >= 0.6 is 0 Å². The molecule has 0 saturated heterocycles. The van der Waals surface area contributed by atoms with E-state index in [1.807, 2.05) is 0 Å². The molecule has 14 rings (SSSR count). The van der Waals surface area contributed by atoms with E-state index in [0.717, 1.165) is 22.7 Å². The standard InChI is InChI=1S/C60H38N4/c1-9-25-51-41(17-1)42-18-2-10-26-52(42)61(51)39-33-35-59-49(37-39)47-23-7-11-27-53(47)62(59)40-34-36-60-50(38-40)48-24-8-16-32-58(48)64(60)57-31-15-6-22-46(57)45-21-5-14-30-56(45)63-54-28-12-3-19-43(54)44-20-4-13-29-55(44)63/h1-38H. The first kappa shape index (κ1) is 35.0. The van der Waals surface area contributed by atoms with Crippen LogP contribution in [0.15, 0.2) is 231 Å². The highest BCUT2D eigenvalue weighted by atomic mass is 15.0. The van der Waals surface area contributed by atoms with Crippen molar-refractivity contribution in [3.63, 3.8) is 0 Å². The molecule has 298 valence electrons. The second-order valence-electron chi connectivity index (χ2n) is 16.9. The van der Waals surface area contributed by atoms with Crippen LogP contribution in [0.25, 0.3) is 121 Å². The zero-order valence-corrected chi connectivity index (χ0v) is 34.7. The Labute approximate surface area is 368 Å². The molecule has 4 aromatic heterocycles. The second-order valence-corrected chi connectivity index (χ2v) is 16.9. The van der Waals surface area contributed by atoms with Crippen LogP contribution in [-0.4, -0.2) is 18.3 Å². The van der Waals surface area contributed by atoms with Crippen LogP contribution in [0.3, 0.4) is 0 Å². The van der Waals surface area contributed by atoms with Crippen molar-refractivity contribution >= 4 is 87.2 Å². The van der Waals surface area contributed by atoms with Crippen molar-refractivity contribution in [1.82, 2.24) is 18.3 Å². The molecule has 0 amide bonds. The highest BCUT2D eigenvalue weighted by Crippen LogP contribution is 2.42. The zero-order chi connectivity index (χ0) is 41.9. The van der Waals surface area contributed by atoms with Gasteiger partial charge in [-0.2, -0.15) is 0 Å². The van der Waals surface area contributed by atoms with Crippen LogP contribution < -0.4 is 0 Å². The minimum atomic E-state index is 1.14. The lowest BCUT2D eigenvalue weighted by atomic mass is 10.0. The Hall–Kier alpha value is -8.60. The van der Waals surface area contributed by atoms with Gasteiger partial charge in [-0.25, -0.2) is 0 Å². The van der Waals surface area contributed by atoms with Gasteiger partial charge in [0.25, 0.3) is 0 Å². The first-order chi connectivity index (χ1) is 31.8. The molecular weight excluding hydrogens is 777 g/mol. The molecule has 0 aliphatic carbocycles. The van der Waals surface area contributed by atoms with E-state index in [-0.39, 0.29) is 0 Å². The molecule has 4 heterocycles. The summed E-state index contributed by atoms with van der Waals surface area (Å²) in [6.07, 6.45) is 0. The summed E-state index contributed by atoms with van der Waals surface area (Å²) in [6.45, 7) is 0. The largest absolute Gasteiger partial charge is 0.309 e. The van der Waals surface area contributed by atoms with Crippen LogP contribution in [0.2, 0.25) is 0 Å². The Morgan fingerprint density at radius 2 is 0.438 bits per heavy atom. The monoisotopic (exact) mass is 814 g/mol. The molecule has 4 heteroatoms. The van der Waals surface area contributed by atoms with Gasteiger partial charge in [0, 0.05) is 65.6 Å². The Bertz CT molecular complexity index is 4100. The van der Waals surface area contributed by atoms with Crippen molar-refractivity contribution < 1.29 is 0 Å². The fourth-order valence-electron chi connectivity index (χ4n) is 10.9. The lowest BCUT2D eigenvalue weighted by Gasteiger charge is -2.18. The summed E-state index contributed by atoms with van der Waals surface area (Å²) in [5, 5.41) is 9.95. The number of nitrogens with zero attached hydrogens (tertiary/aromatic N) is 4. The van der Waals surface area contributed by atoms with Gasteiger partial charge in [0.05, 0.1) is 55.5 Å². The maximum atomic E-state index is 2.47. The average Bonchev–Trinajstić information content (AvgIpc) is 4.09. The molecule has 64 heavy (non-hydrogen) atoms. The molecule has 0 N–H and O–H groups in total. The minimum Gasteiger partial charge on any atom is -0.309 e. The summed E-state index contributed by atoms with van der Waals surface area (Å²) < 4.78 is 9.76. The van der Waals surface area contributed by atoms with E-state index in [1.165, 1.54) is 98.4 Å². The van der Waals surface area contributed by atoms with Crippen molar-refractivity contribution in [1.29, 1.82) is 0 Å². The third-order valence-corrected chi connectivity index (χ3v) is 13.6. The van der Waals surface area contributed by atoms with Crippen LogP contribution in [0.5, 0.6) is 0 Å². The Morgan fingerprint density at radius 3 is 0.797 bits per heavy atom. The lowest BCUT2D eigenvalue weighted by Crippen LogP contribution is -2.01. The maximum Gasteiger partial charge on any atom is 0.0542 e. The Kier molecular flexibility index (Phi) is 7.36.